The molecule has 6 N–H and O–H groups in total. The molecule has 1 amide bonds. The molecule has 1 fully saturated rings. The van der Waals surface area contributed by atoms with Gasteiger partial charge in [-0.15, -0.1) is 0 Å². The molecule has 1 aliphatic rings. The second kappa shape index (κ2) is 51.3. The summed E-state index contributed by atoms with van der Waals surface area (Å²) in [6, 6.07) is -0.830. The lowest BCUT2D eigenvalue weighted by Gasteiger charge is -2.40. The smallest absolute Gasteiger partial charge is 0.220 e. The lowest BCUT2D eigenvalue weighted by Crippen LogP contribution is -2.60. The highest BCUT2D eigenvalue weighted by Gasteiger charge is 2.44. The Labute approximate surface area is 440 Å². The maximum Gasteiger partial charge on any atom is 0.220 e. The van der Waals surface area contributed by atoms with Crippen LogP contribution in [0, 0.1) is 0 Å². The molecule has 0 aromatic heterocycles. The van der Waals surface area contributed by atoms with Gasteiger partial charge in [0, 0.05) is 6.42 Å². The molecule has 0 spiro atoms. The van der Waals surface area contributed by atoms with E-state index in [1.54, 1.807) is 6.08 Å². The zero-order valence-corrected chi connectivity index (χ0v) is 45.6. The van der Waals surface area contributed by atoms with Gasteiger partial charge in [0.2, 0.25) is 5.91 Å². The van der Waals surface area contributed by atoms with Gasteiger partial charge in [0.15, 0.2) is 6.29 Å². The number of unbranched alkanes of at least 4 members (excludes halogenated alkanes) is 22. The zero-order chi connectivity index (χ0) is 52.2. The summed E-state index contributed by atoms with van der Waals surface area (Å²) in [5.74, 6) is -0.195. The van der Waals surface area contributed by atoms with Crippen LogP contribution in [0.3, 0.4) is 0 Å². The van der Waals surface area contributed by atoms with Crippen LogP contribution in [0.2, 0.25) is 0 Å². The molecule has 1 saturated heterocycles. The number of rotatable bonds is 48. The van der Waals surface area contributed by atoms with Gasteiger partial charge < -0.3 is 40.3 Å². The lowest BCUT2D eigenvalue weighted by molar-refractivity contribution is -0.302. The van der Waals surface area contributed by atoms with Gasteiger partial charge in [0.1, 0.15) is 24.4 Å². The zero-order valence-electron chi connectivity index (χ0n) is 45.6. The average Bonchev–Trinajstić information content (AvgIpc) is 3.38. The molecule has 9 nitrogen and oxygen atoms in total. The number of aliphatic hydroxyl groups is 5. The Bertz CT molecular complexity index is 1490. The Morgan fingerprint density at radius 3 is 1.28 bits per heavy atom. The van der Waals surface area contributed by atoms with Crippen molar-refractivity contribution in [3.05, 3.63) is 109 Å². The molecular weight excluding hydrogens is 899 g/mol. The van der Waals surface area contributed by atoms with Crippen LogP contribution in [0.15, 0.2) is 109 Å². The molecule has 0 bridgehead atoms. The number of hydrogen-bond acceptors (Lipinski definition) is 8. The highest BCUT2D eigenvalue weighted by atomic mass is 16.7. The van der Waals surface area contributed by atoms with Crippen LogP contribution in [0.25, 0.3) is 0 Å². The third-order valence-electron chi connectivity index (χ3n) is 13.1. The van der Waals surface area contributed by atoms with E-state index < -0.39 is 49.5 Å². The van der Waals surface area contributed by atoms with Crippen molar-refractivity contribution in [2.75, 3.05) is 13.2 Å². The molecule has 7 unspecified atom stereocenters. The van der Waals surface area contributed by atoms with Gasteiger partial charge in [0.05, 0.1) is 25.4 Å². The minimum atomic E-state index is -1.58. The van der Waals surface area contributed by atoms with Crippen molar-refractivity contribution in [2.45, 2.75) is 269 Å². The first-order valence-electron chi connectivity index (χ1n) is 29.1. The Balaban J connectivity index is 2.05. The summed E-state index contributed by atoms with van der Waals surface area (Å²) in [6.45, 7) is 3.50. The standard InChI is InChI=1S/C63H107NO8/c1-3-5-7-9-11-13-15-16-17-18-19-20-21-22-23-24-25-26-27-28-29-30-31-32-33-34-35-36-37-38-39-40-41-42-43-45-47-49-51-53-59(67)64-56(55-71-63-62(70)61(69)60(68)58(54-65)72-63)57(66)52-50-48-46-44-14-12-10-8-6-4-2/h5-8,11,13-14,16-17,19-20,22-23,25-26,44,50,52,56-58,60-63,65-66,68-70H,3-4,9-10,12,15,18,21,24,27-43,45-49,51,53-55H2,1-2H3,(H,64,67)/b7-5-,8-6+,13-11-,17-16-,20-19-,23-22-,26-25-,44-14+,52-50+. The third-order valence-corrected chi connectivity index (χ3v) is 13.1. The van der Waals surface area contributed by atoms with E-state index in [1.165, 1.54) is 116 Å². The number of allylic oxidation sites excluding steroid dienone is 17. The molecule has 1 rings (SSSR count). The molecule has 9 heteroatoms. The van der Waals surface area contributed by atoms with E-state index >= 15 is 0 Å². The first kappa shape index (κ1) is 66.9. The van der Waals surface area contributed by atoms with E-state index in [0.717, 1.165) is 89.9 Å². The van der Waals surface area contributed by atoms with Gasteiger partial charge in [-0.2, -0.15) is 0 Å². The summed E-state index contributed by atoms with van der Waals surface area (Å²) in [7, 11) is 0. The van der Waals surface area contributed by atoms with Crippen LogP contribution in [0.1, 0.15) is 226 Å². The maximum absolute atomic E-state index is 13.0. The van der Waals surface area contributed by atoms with Crippen molar-refractivity contribution < 1.29 is 39.8 Å². The summed E-state index contributed by atoms with van der Waals surface area (Å²) in [5.41, 5.74) is 0. The number of hydrogen-bond donors (Lipinski definition) is 6. The van der Waals surface area contributed by atoms with Gasteiger partial charge in [-0.05, 0) is 89.9 Å². The normalized spacial score (nSPS) is 20.0. The number of ether oxygens (including phenoxy) is 2. The van der Waals surface area contributed by atoms with Crippen molar-refractivity contribution in [3.8, 4) is 0 Å². The number of nitrogens with one attached hydrogen (secondary N) is 1. The molecule has 7 atom stereocenters. The lowest BCUT2D eigenvalue weighted by atomic mass is 9.99. The summed E-state index contributed by atoms with van der Waals surface area (Å²) in [6.07, 6.45) is 69.1. The molecular formula is C63H107NO8. The Morgan fingerprint density at radius 1 is 0.472 bits per heavy atom. The Morgan fingerprint density at radius 2 is 0.833 bits per heavy atom. The van der Waals surface area contributed by atoms with Crippen LogP contribution in [-0.2, 0) is 14.3 Å². The van der Waals surface area contributed by atoms with Gasteiger partial charge in [-0.25, -0.2) is 0 Å². The minimum absolute atomic E-state index is 0.195. The fraction of sp³-hybridized carbons (Fsp3) is 0.698. The number of amides is 1. The maximum atomic E-state index is 13.0. The predicted molar refractivity (Wildman–Crippen MR) is 304 cm³/mol. The number of aliphatic hydroxyl groups excluding tert-OH is 5. The van der Waals surface area contributed by atoms with Crippen LogP contribution >= 0.6 is 0 Å². The molecule has 0 aromatic rings. The van der Waals surface area contributed by atoms with Gasteiger partial charge in [0.25, 0.3) is 0 Å². The molecule has 0 saturated carbocycles. The van der Waals surface area contributed by atoms with Crippen molar-refractivity contribution in [1.29, 1.82) is 0 Å². The van der Waals surface area contributed by atoms with Crippen LogP contribution < -0.4 is 5.32 Å². The van der Waals surface area contributed by atoms with Gasteiger partial charge in [-0.3, -0.25) is 4.79 Å². The van der Waals surface area contributed by atoms with Crippen molar-refractivity contribution in [1.82, 2.24) is 5.32 Å². The van der Waals surface area contributed by atoms with E-state index in [2.05, 4.69) is 116 Å². The molecule has 1 aliphatic heterocycles. The van der Waals surface area contributed by atoms with Crippen molar-refractivity contribution in [2.24, 2.45) is 0 Å². The van der Waals surface area contributed by atoms with Gasteiger partial charge in [-0.1, -0.05) is 239 Å². The molecule has 0 radical (unpaired) electrons. The monoisotopic (exact) mass is 1010 g/mol. The molecule has 0 aliphatic carbocycles. The van der Waals surface area contributed by atoms with Crippen molar-refractivity contribution >= 4 is 5.91 Å². The molecule has 412 valence electrons. The topological polar surface area (TPSA) is 149 Å². The van der Waals surface area contributed by atoms with Crippen LogP contribution in [0.4, 0.5) is 0 Å². The van der Waals surface area contributed by atoms with E-state index in [0.29, 0.717) is 6.42 Å². The summed E-state index contributed by atoms with van der Waals surface area (Å²) < 4.78 is 11.2. The largest absolute Gasteiger partial charge is 0.394 e. The van der Waals surface area contributed by atoms with Crippen LogP contribution in [0.5, 0.6) is 0 Å². The van der Waals surface area contributed by atoms with E-state index in [4.69, 9.17) is 9.47 Å². The first-order valence-corrected chi connectivity index (χ1v) is 29.1. The van der Waals surface area contributed by atoms with E-state index in [-0.39, 0.29) is 12.5 Å². The fourth-order valence-electron chi connectivity index (χ4n) is 8.55. The SMILES string of the molecule is CC/C=C\C/C=C\C/C=C\C/C=C\C/C=C\C/C=C\CCCCCCCCCCCCCCCCCCCCCCC(=O)NC(COC1OC(CO)C(O)C(O)C1O)C(O)/C=C/CC/C=C/CC/C=C/CC. The minimum Gasteiger partial charge on any atom is -0.394 e. The summed E-state index contributed by atoms with van der Waals surface area (Å²) >= 11 is 0. The highest BCUT2D eigenvalue weighted by molar-refractivity contribution is 5.76. The number of carbonyl (C=O) groups excluding carboxylic acids is 1. The molecule has 72 heavy (non-hydrogen) atoms. The molecule has 0 aromatic carbocycles. The first-order chi connectivity index (χ1) is 35.3. The average molecular weight is 1010 g/mol. The highest BCUT2D eigenvalue weighted by Crippen LogP contribution is 2.23. The van der Waals surface area contributed by atoms with E-state index in [1.807, 2.05) is 6.08 Å². The summed E-state index contributed by atoms with van der Waals surface area (Å²) in [5, 5.41) is 54.2. The quantitative estimate of drug-likeness (QED) is 0.0261. The second-order valence-corrected chi connectivity index (χ2v) is 19.7. The van der Waals surface area contributed by atoms with E-state index in [9.17, 15) is 30.3 Å². The second-order valence-electron chi connectivity index (χ2n) is 19.7. The third kappa shape index (κ3) is 40.3. The Kier molecular flexibility index (Phi) is 47.7. The predicted octanol–water partition coefficient (Wildman–Crippen LogP) is 14.6. The fourth-order valence-corrected chi connectivity index (χ4v) is 8.55. The Hall–Kier alpha value is -3.15. The summed E-state index contributed by atoms with van der Waals surface area (Å²) in [4.78, 5) is 13.0. The number of carbonyl (C=O) groups is 1. The van der Waals surface area contributed by atoms with Crippen molar-refractivity contribution in [3.63, 3.8) is 0 Å². The molecule has 1 heterocycles. The van der Waals surface area contributed by atoms with Crippen LogP contribution in [-0.4, -0.2) is 87.5 Å². The van der Waals surface area contributed by atoms with Gasteiger partial charge >= 0.3 is 0 Å².